The van der Waals surface area contributed by atoms with Gasteiger partial charge in [0, 0.05) is 12.0 Å². The molecule has 0 aliphatic rings. The van der Waals surface area contributed by atoms with Crippen molar-refractivity contribution < 1.29 is 19.4 Å². The lowest BCUT2D eigenvalue weighted by Gasteiger charge is -2.06. The van der Waals surface area contributed by atoms with Crippen LogP contribution in [0, 0.1) is 0 Å². The van der Waals surface area contributed by atoms with Crippen molar-refractivity contribution in [2.24, 2.45) is 5.10 Å². The molecule has 7 heteroatoms. The van der Waals surface area contributed by atoms with Gasteiger partial charge in [-0.25, -0.2) is 5.43 Å². The SMILES string of the molecule is CCCCCCCCCC(=O)NCC(=O)N/N=C\c1cccc(OC)c1O. The Balaban J connectivity index is 2.19. The van der Waals surface area contributed by atoms with Crippen molar-refractivity contribution in [2.45, 2.75) is 58.3 Å². The van der Waals surface area contributed by atoms with Crippen molar-refractivity contribution in [3.8, 4) is 11.5 Å². The molecule has 0 aromatic heterocycles. The average Bonchev–Trinajstić information content (AvgIpc) is 2.67. The maximum atomic E-state index is 11.7. The molecule has 0 spiro atoms. The monoisotopic (exact) mass is 377 g/mol. The van der Waals surface area contributed by atoms with Crippen molar-refractivity contribution in [1.82, 2.24) is 10.7 Å². The molecule has 27 heavy (non-hydrogen) atoms. The summed E-state index contributed by atoms with van der Waals surface area (Å²) in [7, 11) is 1.45. The predicted molar refractivity (Wildman–Crippen MR) is 106 cm³/mol. The highest BCUT2D eigenvalue weighted by Crippen LogP contribution is 2.27. The Morgan fingerprint density at radius 2 is 1.81 bits per heavy atom. The van der Waals surface area contributed by atoms with Gasteiger partial charge in [0.25, 0.3) is 5.91 Å². The molecule has 3 N–H and O–H groups in total. The number of amides is 2. The first-order valence-electron chi connectivity index (χ1n) is 9.53. The first-order valence-corrected chi connectivity index (χ1v) is 9.53. The lowest BCUT2D eigenvalue weighted by atomic mass is 10.1. The zero-order valence-corrected chi connectivity index (χ0v) is 16.3. The Hall–Kier alpha value is -2.57. The van der Waals surface area contributed by atoms with Gasteiger partial charge in [-0.2, -0.15) is 5.10 Å². The Labute approximate surface area is 161 Å². The second-order valence-electron chi connectivity index (χ2n) is 6.34. The molecule has 0 aliphatic heterocycles. The van der Waals surface area contributed by atoms with E-state index in [1.165, 1.54) is 39.0 Å². The summed E-state index contributed by atoms with van der Waals surface area (Å²) in [5, 5.41) is 16.3. The molecule has 0 atom stereocenters. The van der Waals surface area contributed by atoms with Crippen LogP contribution in [-0.4, -0.2) is 36.8 Å². The first kappa shape index (κ1) is 22.5. The van der Waals surface area contributed by atoms with Crippen LogP contribution in [0.1, 0.15) is 63.9 Å². The zero-order chi connectivity index (χ0) is 19.9. The van der Waals surface area contributed by atoms with E-state index in [0.29, 0.717) is 17.7 Å². The second kappa shape index (κ2) is 13.6. The molecular formula is C20H31N3O4. The van der Waals surface area contributed by atoms with Gasteiger partial charge in [-0.1, -0.05) is 51.5 Å². The number of aromatic hydroxyl groups is 1. The van der Waals surface area contributed by atoms with Gasteiger partial charge in [-0.3, -0.25) is 9.59 Å². The number of hydrogen-bond acceptors (Lipinski definition) is 5. The van der Waals surface area contributed by atoms with E-state index in [9.17, 15) is 14.7 Å². The summed E-state index contributed by atoms with van der Waals surface area (Å²) in [6.45, 7) is 2.06. The minimum Gasteiger partial charge on any atom is -0.504 e. The molecule has 0 saturated carbocycles. The van der Waals surface area contributed by atoms with Gasteiger partial charge in [0.2, 0.25) is 5.91 Å². The van der Waals surface area contributed by atoms with Crippen LogP contribution in [0.4, 0.5) is 0 Å². The first-order chi connectivity index (χ1) is 13.1. The number of carbonyl (C=O) groups excluding carboxylic acids is 2. The number of benzene rings is 1. The number of nitrogens with zero attached hydrogens (tertiary/aromatic N) is 1. The summed E-state index contributed by atoms with van der Waals surface area (Å²) in [6, 6.07) is 4.95. The summed E-state index contributed by atoms with van der Waals surface area (Å²) in [5.74, 6) is -0.293. The van der Waals surface area contributed by atoms with Crippen LogP contribution < -0.4 is 15.5 Å². The van der Waals surface area contributed by atoms with Crippen LogP contribution in [0.25, 0.3) is 0 Å². The summed E-state index contributed by atoms with van der Waals surface area (Å²) < 4.78 is 5.00. The van der Waals surface area contributed by atoms with E-state index in [-0.39, 0.29) is 18.2 Å². The number of nitrogens with one attached hydrogen (secondary N) is 2. The van der Waals surface area contributed by atoms with E-state index < -0.39 is 5.91 Å². The third kappa shape index (κ3) is 9.63. The van der Waals surface area contributed by atoms with Gasteiger partial charge in [0.1, 0.15) is 0 Å². The number of hydrazone groups is 1. The number of phenolic OH excluding ortho intramolecular Hbond substituents is 1. The lowest BCUT2D eigenvalue weighted by molar-refractivity contribution is -0.126. The highest BCUT2D eigenvalue weighted by atomic mass is 16.5. The number of hydrogen-bond donors (Lipinski definition) is 3. The average molecular weight is 377 g/mol. The molecule has 1 aromatic rings. The van der Waals surface area contributed by atoms with Crippen LogP contribution in [0.15, 0.2) is 23.3 Å². The molecule has 0 fully saturated rings. The predicted octanol–water partition coefficient (Wildman–Crippen LogP) is 3.11. The molecule has 0 radical (unpaired) electrons. The number of methoxy groups -OCH3 is 1. The summed E-state index contributed by atoms with van der Waals surface area (Å²) in [6.07, 6.45) is 9.77. The van der Waals surface area contributed by atoms with E-state index in [1.807, 2.05) is 0 Å². The third-order valence-corrected chi connectivity index (χ3v) is 4.10. The quantitative estimate of drug-likeness (QED) is 0.279. The molecule has 0 heterocycles. The van der Waals surface area contributed by atoms with Gasteiger partial charge in [-0.05, 0) is 18.6 Å². The third-order valence-electron chi connectivity index (χ3n) is 4.10. The largest absolute Gasteiger partial charge is 0.504 e. The Bertz CT molecular complexity index is 617. The Morgan fingerprint density at radius 1 is 1.11 bits per heavy atom. The van der Waals surface area contributed by atoms with E-state index in [0.717, 1.165) is 19.3 Å². The summed E-state index contributed by atoms with van der Waals surface area (Å²) in [4.78, 5) is 23.4. The zero-order valence-electron chi connectivity index (χ0n) is 16.3. The summed E-state index contributed by atoms with van der Waals surface area (Å²) in [5.41, 5.74) is 2.73. The smallest absolute Gasteiger partial charge is 0.259 e. The van der Waals surface area contributed by atoms with Crippen LogP contribution in [0.5, 0.6) is 11.5 Å². The van der Waals surface area contributed by atoms with Crippen LogP contribution in [-0.2, 0) is 9.59 Å². The normalized spacial score (nSPS) is 10.7. The molecule has 2 amide bonds. The van der Waals surface area contributed by atoms with Gasteiger partial charge < -0.3 is 15.2 Å². The number of unbranched alkanes of at least 4 members (excludes halogenated alkanes) is 6. The van der Waals surface area contributed by atoms with Crippen molar-refractivity contribution in [3.05, 3.63) is 23.8 Å². The highest BCUT2D eigenvalue weighted by molar-refractivity contribution is 5.88. The molecule has 150 valence electrons. The lowest BCUT2D eigenvalue weighted by Crippen LogP contribution is -2.34. The number of carbonyl (C=O) groups is 2. The fraction of sp³-hybridized carbons (Fsp3) is 0.550. The van der Waals surface area contributed by atoms with Crippen LogP contribution in [0.3, 0.4) is 0 Å². The molecule has 0 aliphatic carbocycles. The van der Waals surface area contributed by atoms with E-state index >= 15 is 0 Å². The number of phenols is 1. The maximum absolute atomic E-state index is 11.7. The standard InChI is InChI=1S/C20H31N3O4/c1-3-4-5-6-7-8-9-13-18(24)21-15-19(25)23-22-14-16-11-10-12-17(27-2)20(16)26/h10-12,14,26H,3-9,13,15H2,1-2H3,(H,21,24)(H,23,25)/b22-14-. The van der Waals surface area contributed by atoms with Crippen LogP contribution >= 0.6 is 0 Å². The number of ether oxygens (including phenoxy) is 1. The maximum Gasteiger partial charge on any atom is 0.259 e. The van der Waals surface area contributed by atoms with Gasteiger partial charge in [0.15, 0.2) is 11.5 Å². The van der Waals surface area contributed by atoms with Gasteiger partial charge >= 0.3 is 0 Å². The molecular weight excluding hydrogens is 346 g/mol. The van der Waals surface area contributed by atoms with E-state index in [4.69, 9.17) is 4.74 Å². The van der Waals surface area contributed by atoms with Gasteiger partial charge in [0.05, 0.1) is 19.9 Å². The van der Waals surface area contributed by atoms with Crippen LogP contribution in [0.2, 0.25) is 0 Å². The topological polar surface area (TPSA) is 100 Å². The van der Waals surface area contributed by atoms with Crippen molar-refractivity contribution in [2.75, 3.05) is 13.7 Å². The molecule has 0 bridgehead atoms. The fourth-order valence-corrected chi connectivity index (χ4v) is 2.53. The van der Waals surface area contributed by atoms with E-state index in [2.05, 4.69) is 22.8 Å². The fourth-order valence-electron chi connectivity index (χ4n) is 2.53. The molecule has 7 nitrogen and oxygen atoms in total. The van der Waals surface area contributed by atoms with E-state index in [1.54, 1.807) is 18.2 Å². The van der Waals surface area contributed by atoms with Gasteiger partial charge in [-0.15, -0.1) is 0 Å². The van der Waals surface area contributed by atoms with Crippen molar-refractivity contribution in [1.29, 1.82) is 0 Å². The Morgan fingerprint density at radius 3 is 2.52 bits per heavy atom. The molecule has 0 saturated heterocycles. The minimum absolute atomic E-state index is 0.0546. The molecule has 1 rings (SSSR count). The number of rotatable bonds is 13. The Kier molecular flexibility index (Phi) is 11.3. The highest BCUT2D eigenvalue weighted by Gasteiger charge is 2.06. The second-order valence-corrected chi connectivity index (χ2v) is 6.34. The van der Waals surface area contributed by atoms with Crippen molar-refractivity contribution >= 4 is 18.0 Å². The number of para-hydroxylation sites is 1. The van der Waals surface area contributed by atoms with Crippen molar-refractivity contribution in [3.63, 3.8) is 0 Å². The molecule has 0 unspecified atom stereocenters. The minimum atomic E-state index is -0.429. The molecule has 1 aromatic carbocycles. The summed E-state index contributed by atoms with van der Waals surface area (Å²) >= 11 is 0.